The van der Waals surface area contributed by atoms with Gasteiger partial charge in [0, 0.05) is 0 Å². The van der Waals surface area contributed by atoms with Gasteiger partial charge in [-0.15, -0.1) is 0 Å². The fourth-order valence-corrected chi connectivity index (χ4v) is 0.476. The van der Waals surface area contributed by atoms with Crippen LogP contribution in [0.25, 0.3) is 0 Å². The Bertz CT molecular complexity index is 121. The SMILES string of the molecule is O=C(CI)NC(F)C(F)F. The summed E-state index contributed by atoms with van der Waals surface area (Å²) in [6.07, 6.45) is -5.69. The van der Waals surface area contributed by atoms with Crippen LogP contribution in [0.4, 0.5) is 13.2 Å². The third-order valence-corrected chi connectivity index (χ3v) is 1.33. The van der Waals surface area contributed by atoms with Gasteiger partial charge in [-0.1, -0.05) is 22.6 Å². The fourth-order valence-electron chi connectivity index (χ4n) is 0.255. The largest absolute Gasteiger partial charge is 0.321 e. The van der Waals surface area contributed by atoms with Crippen LogP contribution < -0.4 is 5.32 Å². The molecule has 1 N–H and O–H groups in total. The predicted octanol–water partition coefficient (Wildman–Crippen LogP) is 1.10. The molecule has 0 heterocycles. The summed E-state index contributed by atoms with van der Waals surface area (Å²) < 4.78 is 34.5. The summed E-state index contributed by atoms with van der Waals surface area (Å²) in [6.45, 7) is 0. The van der Waals surface area contributed by atoms with Crippen LogP contribution in [0.2, 0.25) is 0 Å². The molecule has 1 atom stereocenters. The van der Waals surface area contributed by atoms with Crippen molar-refractivity contribution in [2.75, 3.05) is 4.43 Å². The summed E-state index contributed by atoms with van der Waals surface area (Å²) in [7, 11) is 0. The van der Waals surface area contributed by atoms with Gasteiger partial charge in [0.15, 0.2) is 0 Å². The third kappa shape index (κ3) is 3.91. The molecule has 0 bridgehead atoms. The summed E-state index contributed by atoms with van der Waals surface area (Å²) in [5.41, 5.74) is 0. The van der Waals surface area contributed by atoms with Gasteiger partial charge in [0.25, 0.3) is 6.43 Å². The van der Waals surface area contributed by atoms with Crippen molar-refractivity contribution in [2.24, 2.45) is 0 Å². The number of carbonyl (C=O) groups is 1. The number of halogens is 4. The zero-order valence-corrected chi connectivity index (χ0v) is 6.94. The zero-order chi connectivity index (χ0) is 8.15. The highest BCUT2D eigenvalue weighted by atomic mass is 127. The Hall–Kier alpha value is -0.0100. The number of hydrogen-bond donors (Lipinski definition) is 1. The van der Waals surface area contributed by atoms with E-state index >= 15 is 0 Å². The minimum atomic E-state index is -3.15. The average Bonchev–Trinajstić information content (AvgIpc) is 1.87. The Morgan fingerprint density at radius 1 is 1.50 bits per heavy atom. The number of carbonyl (C=O) groups excluding carboxylic acids is 1. The van der Waals surface area contributed by atoms with E-state index < -0.39 is 18.6 Å². The zero-order valence-electron chi connectivity index (χ0n) is 4.78. The van der Waals surface area contributed by atoms with Crippen LogP contribution >= 0.6 is 22.6 Å². The Kier molecular flexibility index (Phi) is 4.75. The van der Waals surface area contributed by atoms with Gasteiger partial charge in [0.05, 0.1) is 4.43 Å². The third-order valence-electron chi connectivity index (χ3n) is 0.641. The van der Waals surface area contributed by atoms with Crippen LogP contribution in [0.5, 0.6) is 0 Å². The van der Waals surface area contributed by atoms with Crippen LogP contribution in [-0.2, 0) is 4.79 Å². The summed E-state index contributed by atoms with van der Waals surface area (Å²) in [5, 5.41) is 1.47. The Balaban J connectivity index is 3.57. The van der Waals surface area contributed by atoms with Crippen molar-refractivity contribution in [3.8, 4) is 0 Å². The molecule has 6 heteroatoms. The molecule has 0 saturated carbocycles. The molecule has 0 spiro atoms. The van der Waals surface area contributed by atoms with E-state index in [4.69, 9.17) is 0 Å². The van der Waals surface area contributed by atoms with Crippen LogP contribution in [0, 0.1) is 0 Å². The van der Waals surface area contributed by atoms with Gasteiger partial charge in [0.2, 0.25) is 12.2 Å². The van der Waals surface area contributed by atoms with E-state index in [2.05, 4.69) is 0 Å². The second kappa shape index (κ2) is 4.75. The Morgan fingerprint density at radius 2 is 2.00 bits per heavy atom. The quantitative estimate of drug-likeness (QED) is 0.463. The summed E-state index contributed by atoms with van der Waals surface area (Å²) in [6, 6.07) is 0. The topological polar surface area (TPSA) is 29.1 Å². The smallest absolute Gasteiger partial charge is 0.287 e. The van der Waals surface area contributed by atoms with Crippen LogP contribution in [0.3, 0.4) is 0 Å². The highest BCUT2D eigenvalue weighted by Crippen LogP contribution is 2.01. The molecule has 0 saturated heterocycles. The second-order valence-corrected chi connectivity index (χ2v) is 2.20. The minimum absolute atomic E-state index is 0.0229. The van der Waals surface area contributed by atoms with Crippen LogP contribution in [-0.4, -0.2) is 23.1 Å². The van der Waals surface area contributed by atoms with Crippen molar-refractivity contribution < 1.29 is 18.0 Å². The molecule has 1 amide bonds. The van der Waals surface area contributed by atoms with Gasteiger partial charge in [-0.2, -0.15) is 0 Å². The predicted molar refractivity (Wildman–Crippen MR) is 37.9 cm³/mol. The van der Waals surface area contributed by atoms with Crippen molar-refractivity contribution in [1.82, 2.24) is 5.32 Å². The lowest BCUT2D eigenvalue weighted by atomic mass is 10.6. The maximum Gasteiger partial charge on any atom is 0.287 e. The molecular weight excluding hydrogens is 262 g/mol. The van der Waals surface area contributed by atoms with Gasteiger partial charge in [0.1, 0.15) is 0 Å². The molecule has 0 aromatic heterocycles. The molecule has 0 radical (unpaired) electrons. The van der Waals surface area contributed by atoms with E-state index in [0.717, 1.165) is 0 Å². The van der Waals surface area contributed by atoms with Gasteiger partial charge >= 0.3 is 0 Å². The van der Waals surface area contributed by atoms with Crippen LogP contribution in [0.1, 0.15) is 0 Å². The molecule has 0 fully saturated rings. The molecule has 0 aliphatic carbocycles. The first-order valence-electron chi connectivity index (χ1n) is 2.35. The van der Waals surface area contributed by atoms with E-state index in [9.17, 15) is 18.0 Å². The van der Waals surface area contributed by atoms with E-state index in [-0.39, 0.29) is 4.43 Å². The fraction of sp³-hybridized carbons (Fsp3) is 0.750. The standard InChI is InChI=1S/C4H5F3INO/c5-3(6)4(7)9-2(10)1-8/h3-4H,1H2,(H,9,10). The molecule has 2 nitrogen and oxygen atoms in total. The molecule has 10 heavy (non-hydrogen) atoms. The molecule has 0 aliphatic heterocycles. The summed E-state index contributed by atoms with van der Waals surface area (Å²) >= 11 is 1.65. The number of amides is 1. The summed E-state index contributed by atoms with van der Waals surface area (Å²) in [5.74, 6) is -0.728. The number of alkyl halides is 4. The summed E-state index contributed by atoms with van der Waals surface area (Å²) in [4.78, 5) is 10.2. The highest BCUT2D eigenvalue weighted by Gasteiger charge is 2.20. The van der Waals surface area contributed by atoms with Gasteiger partial charge in [-0.25, -0.2) is 13.2 Å². The molecule has 0 rings (SSSR count). The molecule has 0 aromatic rings. The first-order valence-corrected chi connectivity index (χ1v) is 3.88. The molecule has 1 unspecified atom stereocenters. The Morgan fingerprint density at radius 3 is 2.30 bits per heavy atom. The average molecular weight is 267 g/mol. The molecule has 0 aromatic carbocycles. The Labute approximate surface area is 69.3 Å². The maximum absolute atomic E-state index is 11.9. The first-order chi connectivity index (χ1) is 4.57. The normalized spacial score (nSPS) is 13.3. The second-order valence-electron chi connectivity index (χ2n) is 1.44. The number of nitrogens with one attached hydrogen (secondary N) is 1. The molecule has 0 aliphatic rings. The van der Waals surface area contributed by atoms with Crippen molar-refractivity contribution in [3.63, 3.8) is 0 Å². The van der Waals surface area contributed by atoms with Crippen molar-refractivity contribution >= 4 is 28.5 Å². The van der Waals surface area contributed by atoms with Crippen molar-refractivity contribution in [3.05, 3.63) is 0 Å². The lowest BCUT2D eigenvalue weighted by Gasteiger charge is -2.06. The van der Waals surface area contributed by atoms with Gasteiger partial charge in [-0.05, 0) is 0 Å². The van der Waals surface area contributed by atoms with E-state index in [1.54, 1.807) is 22.6 Å². The van der Waals surface area contributed by atoms with E-state index in [1.807, 2.05) is 0 Å². The molecular formula is C4H5F3INO. The first kappa shape index (κ1) is 9.99. The number of hydrogen-bond acceptors (Lipinski definition) is 1. The lowest BCUT2D eigenvalue weighted by Crippen LogP contribution is -2.37. The number of rotatable bonds is 3. The van der Waals surface area contributed by atoms with Crippen molar-refractivity contribution in [2.45, 2.75) is 12.7 Å². The van der Waals surface area contributed by atoms with Gasteiger partial charge < -0.3 is 5.32 Å². The van der Waals surface area contributed by atoms with E-state index in [1.165, 1.54) is 5.32 Å². The highest BCUT2D eigenvalue weighted by molar-refractivity contribution is 14.1. The lowest BCUT2D eigenvalue weighted by molar-refractivity contribution is -0.122. The maximum atomic E-state index is 11.9. The minimum Gasteiger partial charge on any atom is -0.321 e. The van der Waals surface area contributed by atoms with E-state index in [0.29, 0.717) is 0 Å². The van der Waals surface area contributed by atoms with Gasteiger partial charge in [-0.3, -0.25) is 4.79 Å². The van der Waals surface area contributed by atoms with Crippen LogP contribution in [0.15, 0.2) is 0 Å². The monoisotopic (exact) mass is 267 g/mol. The van der Waals surface area contributed by atoms with Crippen molar-refractivity contribution in [1.29, 1.82) is 0 Å². The molecule has 60 valence electrons.